The molecule has 1 N–H and O–H groups in total. The molecule has 1 atom stereocenters. The Morgan fingerprint density at radius 3 is 3.11 bits per heavy atom. The molecule has 1 rings (SSSR count). The van der Waals surface area contributed by atoms with E-state index < -0.39 is 0 Å². The molecule has 1 nitrogen and oxygen atoms in total. The van der Waals surface area contributed by atoms with Crippen LogP contribution in [0.4, 0.5) is 0 Å². The SMILES string of the molecule is CNCC1CCCSC1. The third kappa shape index (κ3) is 2.59. The van der Waals surface area contributed by atoms with Crippen molar-refractivity contribution in [1.29, 1.82) is 0 Å². The van der Waals surface area contributed by atoms with Crippen LogP contribution in [-0.2, 0) is 0 Å². The van der Waals surface area contributed by atoms with Crippen molar-refractivity contribution < 1.29 is 0 Å². The zero-order valence-electron chi connectivity index (χ0n) is 6.02. The minimum atomic E-state index is 0.953. The normalized spacial score (nSPS) is 28.3. The molecule has 9 heavy (non-hydrogen) atoms. The number of hydrogen-bond acceptors (Lipinski definition) is 2. The van der Waals surface area contributed by atoms with Crippen molar-refractivity contribution >= 4 is 11.8 Å². The Labute approximate surface area is 61.6 Å². The summed E-state index contributed by atoms with van der Waals surface area (Å²) in [5.41, 5.74) is 0. The highest BCUT2D eigenvalue weighted by atomic mass is 32.2. The Bertz CT molecular complexity index is 66.6. The van der Waals surface area contributed by atoms with Gasteiger partial charge >= 0.3 is 0 Å². The van der Waals surface area contributed by atoms with Gasteiger partial charge in [0.2, 0.25) is 0 Å². The lowest BCUT2D eigenvalue weighted by molar-refractivity contribution is 0.497. The molecule has 2 heteroatoms. The number of thioether (sulfide) groups is 1. The standard InChI is InChI=1S/C7H15NS/c1-8-5-7-3-2-4-9-6-7/h7-8H,2-6H2,1H3. The predicted molar refractivity (Wildman–Crippen MR) is 44.0 cm³/mol. The van der Waals surface area contributed by atoms with E-state index in [1.54, 1.807) is 0 Å². The van der Waals surface area contributed by atoms with E-state index in [0.717, 1.165) is 5.92 Å². The minimum absolute atomic E-state index is 0.953. The molecule has 0 saturated carbocycles. The van der Waals surface area contributed by atoms with Gasteiger partial charge in [-0.3, -0.25) is 0 Å². The molecule has 0 spiro atoms. The van der Waals surface area contributed by atoms with Gasteiger partial charge in [0.25, 0.3) is 0 Å². The average molecular weight is 145 g/mol. The van der Waals surface area contributed by atoms with E-state index in [-0.39, 0.29) is 0 Å². The third-order valence-electron chi connectivity index (χ3n) is 1.75. The smallest absolute Gasteiger partial charge is 0.00156 e. The van der Waals surface area contributed by atoms with Gasteiger partial charge in [-0.1, -0.05) is 0 Å². The molecule has 54 valence electrons. The van der Waals surface area contributed by atoms with Crippen molar-refractivity contribution in [2.75, 3.05) is 25.1 Å². The van der Waals surface area contributed by atoms with Crippen molar-refractivity contribution in [2.45, 2.75) is 12.8 Å². The fourth-order valence-electron chi connectivity index (χ4n) is 1.26. The van der Waals surface area contributed by atoms with E-state index in [9.17, 15) is 0 Å². The maximum atomic E-state index is 3.22. The van der Waals surface area contributed by atoms with Crippen LogP contribution in [0.15, 0.2) is 0 Å². The van der Waals surface area contributed by atoms with Crippen molar-refractivity contribution in [2.24, 2.45) is 5.92 Å². The third-order valence-corrected chi connectivity index (χ3v) is 3.03. The van der Waals surface area contributed by atoms with E-state index in [2.05, 4.69) is 17.1 Å². The summed E-state index contributed by atoms with van der Waals surface area (Å²) in [5, 5.41) is 3.22. The number of nitrogens with one attached hydrogen (secondary N) is 1. The summed E-state index contributed by atoms with van der Waals surface area (Å²) >= 11 is 2.10. The molecule has 1 aliphatic rings. The Hall–Kier alpha value is 0.310. The van der Waals surface area contributed by atoms with Crippen LogP contribution in [-0.4, -0.2) is 25.1 Å². The Morgan fingerprint density at radius 2 is 2.56 bits per heavy atom. The summed E-state index contributed by atoms with van der Waals surface area (Å²) in [6, 6.07) is 0. The van der Waals surface area contributed by atoms with Crippen LogP contribution >= 0.6 is 11.8 Å². The van der Waals surface area contributed by atoms with E-state index in [4.69, 9.17) is 0 Å². The van der Waals surface area contributed by atoms with Crippen LogP contribution in [0.2, 0.25) is 0 Å². The van der Waals surface area contributed by atoms with Crippen LogP contribution in [0.5, 0.6) is 0 Å². The maximum absolute atomic E-state index is 3.22. The summed E-state index contributed by atoms with van der Waals surface area (Å²) in [6.07, 6.45) is 2.87. The monoisotopic (exact) mass is 145 g/mol. The van der Waals surface area contributed by atoms with Crippen molar-refractivity contribution in [3.63, 3.8) is 0 Å². The van der Waals surface area contributed by atoms with E-state index in [1.165, 1.54) is 30.9 Å². The highest BCUT2D eigenvalue weighted by molar-refractivity contribution is 7.99. The molecule has 1 unspecified atom stereocenters. The lowest BCUT2D eigenvalue weighted by atomic mass is 10.1. The van der Waals surface area contributed by atoms with Gasteiger partial charge in [-0.2, -0.15) is 11.8 Å². The molecule has 0 aliphatic carbocycles. The molecule has 1 saturated heterocycles. The minimum Gasteiger partial charge on any atom is -0.319 e. The zero-order chi connectivity index (χ0) is 6.53. The van der Waals surface area contributed by atoms with E-state index >= 15 is 0 Å². The highest BCUT2D eigenvalue weighted by Crippen LogP contribution is 2.21. The van der Waals surface area contributed by atoms with Gasteiger partial charge in [0.15, 0.2) is 0 Å². The van der Waals surface area contributed by atoms with Crippen LogP contribution in [0.1, 0.15) is 12.8 Å². The molecular weight excluding hydrogens is 130 g/mol. The number of rotatable bonds is 2. The Kier molecular flexibility index (Phi) is 3.44. The van der Waals surface area contributed by atoms with Gasteiger partial charge in [-0.05, 0) is 43.9 Å². The summed E-state index contributed by atoms with van der Waals surface area (Å²) in [5.74, 6) is 3.72. The fraction of sp³-hybridized carbons (Fsp3) is 1.00. The molecule has 1 fully saturated rings. The molecule has 1 aliphatic heterocycles. The van der Waals surface area contributed by atoms with Gasteiger partial charge in [-0.25, -0.2) is 0 Å². The van der Waals surface area contributed by atoms with Gasteiger partial charge in [0.1, 0.15) is 0 Å². The molecule has 1 heterocycles. The first-order valence-electron chi connectivity index (χ1n) is 3.66. The molecule has 0 bridgehead atoms. The lowest BCUT2D eigenvalue weighted by Gasteiger charge is -2.20. The van der Waals surface area contributed by atoms with Crippen LogP contribution in [0, 0.1) is 5.92 Å². The summed E-state index contributed by atoms with van der Waals surface area (Å²) in [6.45, 7) is 1.22. The summed E-state index contributed by atoms with van der Waals surface area (Å²) < 4.78 is 0. The first-order valence-corrected chi connectivity index (χ1v) is 4.81. The molecule has 0 aromatic rings. The summed E-state index contributed by atoms with van der Waals surface area (Å²) in [4.78, 5) is 0. The molecule has 0 aromatic carbocycles. The zero-order valence-corrected chi connectivity index (χ0v) is 6.84. The van der Waals surface area contributed by atoms with E-state index in [0.29, 0.717) is 0 Å². The maximum Gasteiger partial charge on any atom is -0.00156 e. The van der Waals surface area contributed by atoms with Crippen molar-refractivity contribution in [3.8, 4) is 0 Å². The fourth-order valence-corrected chi connectivity index (χ4v) is 2.41. The summed E-state index contributed by atoms with van der Waals surface area (Å²) in [7, 11) is 2.04. The van der Waals surface area contributed by atoms with Gasteiger partial charge in [-0.15, -0.1) is 0 Å². The van der Waals surface area contributed by atoms with Crippen LogP contribution in [0.25, 0.3) is 0 Å². The molecule has 0 aromatic heterocycles. The average Bonchev–Trinajstić information content (AvgIpc) is 1.91. The molecule has 0 radical (unpaired) electrons. The second-order valence-corrected chi connectivity index (χ2v) is 3.79. The molecule has 0 amide bonds. The Balaban J connectivity index is 2.08. The van der Waals surface area contributed by atoms with Crippen molar-refractivity contribution in [1.82, 2.24) is 5.32 Å². The topological polar surface area (TPSA) is 12.0 Å². The Morgan fingerprint density at radius 1 is 1.67 bits per heavy atom. The second-order valence-electron chi connectivity index (χ2n) is 2.64. The molecular formula is C7H15NS. The first-order chi connectivity index (χ1) is 4.43. The van der Waals surface area contributed by atoms with Gasteiger partial charge in [0.05, 0.1) is 0 Å². The largest absolute Gasteiger partial charge is 0.319 e. The van der Waals surface area contributed by atoms with Gasteiger partial charge < -0.3 is 5.32 Å². The number of hydrogen-bond donors (Lipinski definition) is 1. The van der Waals surface area contributed by atoms with Gasteiger partial charge in [0, 0.05) is 0 Å². The van der Waals surface area contributed by atoms with Crippen molar-refractivity contribution in [3.05, 3.63) is 0 Å². The van der Waals surface area contributed by atoms with Crippen LogP contribution < -0.4 is 5.32 Å². The quantitative estimate of drug-likeness (QED) is 0.629. The lowest BCUT2D eigenvalue weighted by Crippen LogP contribution is -2.23. The highest BCUT2D eigenvalue weighted by Gasteiger charge is 2.11. The van der Waals surface area contributed by atoms with Crippen LogP contribution in [0.3, 0.4) is 0 Å². The predicted octanol–water partition coefficient (Wildman–Crippen LogP) is 1.35. The second kappa shape index (κ2) is 4.18. The van der Waals surface area contributed by atoms with E-state index in [1.807, 2.05) is 7.05 Å². The first kappa shape index (κ1) is 7.42.